The Labute approximate surface area is 108 Å². The van der Waals surface area contributed by atoms with Crippen molar-refractivity contribution in [3.63, 3.8) is 0 Å². The molecule has 0 saturated heterocycles. The van der Waals surface area contributed by atoms with Crippen molar-refractivity contribution in [2.45, 2.75) is 6.54 Å². The van der Waals surface area contributed by atoms with Crippen LogP contribution in [0.2, 0.25) is 0 Å². The van der Waals surface area contributed by atoms with Gasteiger partial charge < -0.3 is 20.5 Å². The van der Waals surface area contributed by atoms with Crippen molar-refractivity contribution >= 4 is 22.0 Å². The molecule has 17 heavy (non-hydrogen) atoms. The molecule has 0 atom stereocenters. The van der Waals surface area contributed by atoms with Gasteiger partial charge in [-0.05, 0) is 33.6 Å². The zero-order valence-corrected chi connectivity index (χ0v) is 11.1. The zero-order valence-electron chi connectivity index (χ0n) is 9.53. The highest BCUT2D eigenvalue weighted by atomic mass is 79.9. The number of nitrogens with one attached hydrogen (secondary N) is 1. The number of primary amides is 1. The number of amides is 1. The van der Waals surface area contributed by atoms with Crippen molar-refractivity contribution in [2.24, 2.45) is 5.73 Å². The van der Waals surface area contributed by atoms with E-state index in [4.69, 9.17) is 10.5 Å². The van der Waals surface area contributed by atoms with Crippen LogP contribution in [0, 0.1) is 0 Å². The van der Waals surface area contributed by atoms with Crippen LogP contribution in [0.15, 0.2) is 22.7 Å². The normalized spacial score (nSPS) is 10.0. The van der Waals surface area contributed by atoms with Gasteiger partial charge in [0.05, 0.1) is 11.6 Å². The predicted octanol–water partition coefficient (Wildman–Crippen LogP) is 1.64. The van der Waals surface area contributed by atoms with E-state index in [9.17, 15) is 4.79 Å². The van der Waals surface area contributed by atoms with Crippen molar-refractivity contribution in [1.29, 1.82) is 0 Å². The molecule has 0 saturated carbocycles. The molecule has 0 radical (unpaired) electrons. The number of rotatable bonds is 6. The Balaban J connectivity index is 2.32. The van der Waals surface area contributed by atoms with Crippen molar-refractivity contribution in [2.75, 3.05) is 20.3 Å². The van der Waals surface area contributed by atoms with Crippen molar-refractivity contribution < 1.29 is 14.3 Å². The minimum Gasteiger partial charge on any atom is -0.496 e. The molecule has 0 spiro atoms. The van der Waals surface area contributed by atoms with Gasteiger partial charge in [0.25, 0.3) is 0 Å². The summed E-state index contributed by atoms with van der Waals surface area (Å²) < 4.78 is 10.6. The highest BCUT2D eigenvalue weighted by Gasteiger charge is 2.01. The third-order valence-corrected chi connectivity index (χ3v) is 2.69. The summed E-state index contributed by atoms with van der Waals surface area (Å²) in [5.41, 5.74) is 5.94. The van der Waals surface area contributed by atoms with Crippen LogP contribution in [0.5, 0.6) is 5.75 Å². The maximum atomic E-state index is 10.3. The number of ether oxygens (including phenoxy) is 2. The fraction of sp³-hybridized carbons (Fsp3) is 0.364. The summed E-state index contributed by atoms with van der Waals surface area (Å²) in [6.07, 6.45) is -0.751. The Hall–Kier alpha value is -1.27. The van der Waals surface area contributed by atoms with E-state index in [1.54, 1.807) is 7.11 Å². The van der Waals surface area contributed by atoms with E-state index in [1.807, 2.05) is 18.2 Å². The zero-order chi connectivity index (χ0) is 12.7. The quantitative estimate of drug-likeness (QED) is 0.784. The topological polar surface area (TPSA) is 73.6 Å². The highest BCUT2D eigenvalue weighted by molar-refractivity contribution is 9.10. The maximum Gasteiger partial charge on any atom is 0.404 e. The lowest BCUT2D eigenvalue weighted by atomic mass is 10.2. The monoisotopic (exact) mass is 302 g/mol. The number of methoxy groups -OCH3 is 1. The predicted molar refractivity (Wildman–Crippen MR) is 67.9 cm³/mol. The fourth-order valence-corrected chi connectivity index (χ4v) is 1.86. The summed E-state index contributed by atoms with van der Waals surface area (Å²) in [5, 5.41) is 3.13. The van der Waals surface area contributed by atoms with Crippen LogP contribution in [0.1, 0.15) is 5.56 Å². The molecule has 1 amide bonds. The second kappa shape index (κ2) is 7.13. The van der Waals surface area contributed by atoms with E-state index in [-0.39, 0.29) is 6.61 Å². The minimum absolute atomic E-state index is 0.270. The third kappa shape index (κ3) is 5.06. The van der Waals surface area contributed by atoms with E-state index in [2.05, 4.69) is 26.0 Å². The van der Waals surface area contributed by atoms with Gasteiger partial charge in [0.1, 0.15) is 12.4 Å². The number of carbonyl (C=O) groups is 1. The average molecular weight is 303 g/mol. The van der Waals surface area contributed by atoms with Crippen LogP contribution in [0.25, 0.3) is 0 Å². The molecule has 0 aliphatic rings. The largest absolute Gasteiger partial charge is 0.496 e. The van der Waals surface area contributed by atoms with Gasteiger partial charge in [0.15, 0.2) is 0 Å². The molecule has 1 rings (SSSR count). The molecule has 1 aromatic carbocycles. The molecule has 6 heteroatoms. The average Bonchev–Trinajstić information content (AvgIpc) is 2.28. The van der Waals surface area contributed by atoms with Crippen LogP contribution in [0.4, 0.5) is 4.79 Å². The molecule has 5 nitrogen and oxygen atoms in total. The lowest BCUT2D eigenvalue weighted by Crippen LogP contribution is -2.23. The third-order valence-electron chi connectivity index (χ3n) is 2.07. The van der Waals surface area contributed by atoms with Gasteiger partial charge in [-0.15, -0.1) is 0 Å². The van der Waals surface area contributed by atoms with Crippen molar-refractivity contribution in [3.05, 3.63) is 28.2 Å². The molecule has 0 aromatic heterocycles. The molecular weight excluding hydrogens is 288 g/mol. The smallest absolute Gasteiger partial charge is 0.404 e. The molecular formula is C11H15BrN2O3. The second-order valence-electron chi connectivity index (χ2n) is 3.31. The molecule has 0 aliphatic carbocycles. The van der Waals surface area contributed by atoms with Gasteiger partial charge in [-0.2, -0.15) is 0 Å². The van der Waals surface area contributed by atoms with E-state index in [0.29, 0.717) is 13.1 Å². The van der Waals surface area contributed by atoms with Crippen LogP contribution in [0.3, 0.4) is 0 Å². The van der Waals surface area contributed by atoms with E-state index in [1.165, 1.54) is 0 Å². The lowest BCUT2D eigenvalue weighted by Gasteiger charge is -2.07. The lowest BCUT2D eigenvalue weighted by molar-refractivity contribution is 0.157. The Morgan fingerprint density at radius 3 is 2.88 bits per heavy atom. The van der Waals surface area contributed by atoms with Crippen LogP contribution in [-0.2, 0) is 11.3 Å². The first-order valence-electron chi connectivity index (χ1n) is 5.09. The van der Waals surface area contributed by atoms with Gasteiger partial charge in [-0.25, -0.2) is 4.79 Å². The first-order chi connectivity index (χ1) is 8.13. The number of benzene rings is 1. The number of halogens is 1. The molecule has 0 fully saturated rings. The number of nitrogens with two attached hydrogens (primary N) is 1. The summed E-state index contributed by atoms with van der Waals surface area (Å²) in [5.74, 6) is 0.797. The van der Waals surface area contributed by atoms with Crippen LogP contribution >= 0.6 is 15.9 Å². The minimum atomic E-state index is -0.751. The number of carbonyl (C=O) groups excluding carboxylic acids is 1. The molecule has 94 valence electrons. The van der Waals surface area contributed by atoms with Crippen LogP contribution < -0.4 is 15.8 Å². The highest BCUT2D eigenvalue weighted by Crippen LogP contribution is 2.25. The molecule has 3 N–H and O–H groups in total. The first kappa shape index (κ1) is 13.8. The molecule has 0 heterocycles. The second-order valence-corrected chi connectivity index (χ2v) is 4.17. The maximum absolute atomic E-state index is 10.3. The van der Waals surface area contributed by atoms with Crippen molar-refractivity contribution in [1.82, 2.24) is 5.32 Å². The summed E-state index contributed by atoms with van der Waals surface area (Å²) >= 11 is 3.41. The Kier molecular flexibility index (Phi) is 5.79. The Morgan fingerprint density at radius 2 is 2.29 bits per heavy atom. The van der Waals surface area contributed by atoms with Gasteiger partial charge in [0, 0.05) is 13.1 Å². The van der Waals surface area contributed by atoms with Gasteiger partial charge in [-0.1, -0.05) is 6.07 Å². The van der Waals surface area contributed by atoms with Gasteiger partial charge in [-0.3, -0.25) is 0 Å². The molecule has 1 aromatic rings. The fourth-order valence-electron chi connectivity index (χ4n) is 1.28. The number of hydrogen-bond donors (Lipinski definition) is 2. The number of hydrogen-bond acceptors (Lipinski definition) is 4. The first-order valence-corrected chi connectivity index (χ1v) is 5.88. The van der Waals surface area contributed by atoms with Gasteiger partial charge >= 0.3 is 6.09 Å². The summed E-state index contributed by atoms with van der Waals surface area (Å²) in [6, 6.07) is 5.83. The molecule has 0 unspecified atom stereocenters. The van der Waals surface area contributed by atoms with E-state index >= 15 is 0 Å². The standard InChI is InChI=1S/C11H15BrN2O3/c1-16-10-3-2-8(6-9(10)12)7-14-4-5-17-11(13)15/h2-3,6,14H,4-5,7H2,1H3,(H2,13,15). The Morgan fingerprint density at radius 1 is 1.53 bits per heavy atom. The SMILES string of the molecule is COc1ccc(CNCCOC(N)=O)cc1Br. The van der Waals surface area contributed by atoms with Gasteiger partial charge in [0.2, 0.25) is 0 Å². The summed E-state index contributed by atoms with van der Waals surface area (Å²) in [7, 11) is 1.62. The Bertz CT molecular complexity index is 385. The van der Waals surface area contributed by atoms with E-state index < -0.39 is 6.09 Å². The summed E-state index contributed by atoms with van der Waals surface area (Å²) in [4.78, 5) is 10.3. The molecule has 0 aliphatic heterocycles. The van der Waals surface area contributed by atoms with E-state index in [0.717, 1.165) is 15.8 Å². The molecule has 0 bridgehead atoms. The van der Waals surface area contributed by atoms with Crippen molar-refractivity contribution in [3.8, 4) is 5.75 Å². The van der Waals surface area contributed by atoms with Crippen LogP contribution in [-0.4, -0.2) is 26.4 Å². The summed E-state index contributed by atoms with van der Waals surface area (Å²) in [6.45, 7) is 1.52.